The summed E-state index contributed by atoms with van der Waals surface area (Å²) in [6.07, 6.45) is 8.00. The van der Waals surface area contributed by atoms with E-state index in [0.29, 0.717) is 31.5 Å². The molecule has 0 radical (unpaired) electrons. The molecule has 10 heteroatoms. The SMILES string of the molecule is CC(C)(C)NC(=O)NCC(=O)N1CCC/C1=C(/O)NC(CCCCC1CCC1)C(=O)C(N)=O.CC(C)C. The smallest absolute Gasteiger partial charge is 0.315 e. The maximum Gasteiger partial charge on any atom is 0.315 e. The van der Waals surface area contributed by atoms with Gasteiger partial charge in [0.05, 0.1) is 18.3 Å². The number of hydrogen-bond donors (Lipinski definition) is 5. The van der Waals surface area contributed by atoms with Gasteiger partial charge in [0.25, 0.3) is 5.91 Å². The largest absolute Gasteiger partial charge is 0.494 e. The first-order chi connectivity index (χ1) is 17.2. The second-order valence-electron chi connectivity index (χ2n) is 11.7. The molecule has 10 nitrogen and oxygen atoms in total. The Morgan fingerprint density at radius 3 is 2.22 bits per heavy atom. The summed E-state index contributed by atoms with van der Waals surface area (Å²) in [6.45, 7) is 12.1. The summed E-state index contributed by atoms with van der Waals surface area (Å²) >= 11 is 0. The molecule has 0 spiro atoms. The number of allylic oxidation sites excluding steroid dienone is 1. The molecule has 0 aromatic heterocycles. The van der Waals surface area contributed by atoms with Crippen molar-refractivity contribution in [2.75, 3.05) is 13.1 Å². The number of aliphatic hydroxyl groups is 1. The predicted octanol–water partition coefficient (Wildman–Crippen LogP) is 3.47. The van der Waals surface area contributed by atoms with Gasteiger partial charge < -0.3 is 31.7 Å². The van der Waals surface area contributed by atoms with Crippen molar-refractivity contribution in [3.8, 4) is 0 Å². The van der Waals surface area contributed by atoms with Gasteiger partial charge in [-0.05, 0) is 51.9 Å². The first kappa shape index (κ1) is 32.2. The van der Waals surface area contributed by atoms with Crippen LogP contribution in [0.15, 0.2) is 11.6 Å². The van der Waals surface area contributed by atoms with Crippen LogP contribution in [0.2, 0.25) is 0 Å². The van der Waals surface area contributed by atoms with Gasteiger partial charge in [0, 0.05) is 12.1 Å². The molecule has 1 saturated heterocycles. The standard InChI is InChI=1S/C23H39N5O5.C4H10/c1-23(2,3)27-22(33)25-14-18(29)28-13-7-12-17(28)21(32)26-16(19(30)20(24)31)11-5-4-8-15-9-6-10-15;1-4(2)3/h15-16,26,32H,4-14H2,1-3H3,(H2,24,31)(H2,25,27,33);4H,1-3H3/b21-17-;. The molecule has 2 aliphatic rings. The van der Waals surface area contributed by atoms with E-state index < -0.39 is 29.3 Å². The van der Waals surface area contributed by atoms with E-state index in [0.717, 1.165) is 31.1 Å². The van der Waals surface area contributed by atoms with Gasteiger partial charge in [0.2, 0.25) is 17.6 Å². The van der Waals surface area contributed by atoms with Gasteiger partial charge in [-0.25, -0.2) is 4.79 Å². The zero-order chi connectivity index (χ0) is 28.2. The lowest BCUT2D eigenvalue weighted by atomic mass is 9.81. The quantitative estimate of drug-likeness (QED) is 0.159. The van der Waals surface area contributed by atoms with Gasteiger partial charge in [-0.2, -0.15) is 0 Å². The summed E-state index contributed by atoms with van der Waals surface area (Å²) in [4.78, 5) is 49.7. The van der Waals surface area contributed by atoms with Crippen LogP contribution in [0, 0.1) is 11.8 Å². The molecular weight excluding hydrogens is 474 g/mol. The van der Waals surface area contributed by atoms with Crippen molar-refractivity contribution in [3.05, 3.63) is 11.6 Å². The fourth-order valence-corrected chi connectivity index (χ4v) is 4.08. The second-order valence-corrected chi connectivity index (χ2v) is 11.7. The molecule has 2 rings (SSSR count). The first-order valence-electron chi connectivity index (χ1n) is 13.6. The molecule has 4 amide bonds. The number of nitrogens with zero attached hydrogens (tertiary/aromatic N) is 1. The van der Waals surface area contributed by atoms with Gasteiger partial charge in [-0.15, -0.1) is 0 Å². The molecule has 1 aliphatic heterocycles. The maximum atomic E-state index is 12.6. The minimum absolute atomic E-state index is 0.233. The maximum absolute atomic E-state index is 12.6. The number of ketones is 1. The van der Waals surface area contributed by atoms with E-state index in [-0.39, 0.29) is 18.3 Å². The molecule has 6 N–H and O–H groups in total. The summed E-state index contributed by atoms with van der Waals surface area (Å²) in [5.74, 6) is -0.937. The lowest BCUT2D eigenvalue weighted by Crippen LogP contribution is -2.49. The molecule has 1 unspecified atom stereocenters. The number of nitrogens with two attached hydrogens (primary N) is 1. The van der Waals surface area contributed by atoms with Crippen molar-refractivity contribution in [1.82, 2.24) is 20.9 Å². The van der Waals surface area contributed by atoms with Crippen molar-refractivity contribution in [3.63, 3.8) is 0 Å². The average molecular weight is 524 g/mol. The number of urea groups is 1. The molecule has 0 aromatic carbocycles. The van der Waals surface area contributed by atoms with Crippen LogP contribution < -0.4 is 21.7 Å². The molecule has 0 bridgehead atoms. The lowest BCUT2D eigenvalue weighted by molar-refractivity contribution is -0.137. The molecule has 212 valence electrons. The Morgan fingerprint density at radius 2 is 1.70 bits per heavy atom. The number of carbonyl (C=O) groups is 4. The van der Waals surface area contributed by atoms with E-state index in [1.807, 2.05) is 20.8 Å². The third-order valence-corrected chi connectivity index (χ3v) is 6.03. The number of carbonyl (C=O) groups excluding carboxylic acids is 4. The number of hydrogen-bond acceptors (Lipinski definition) is 6. The Balaban J connectivity index is 0.00000159. The highest BCUT2D eigenvalue weighted by Gasteiger charge is 2.30. The minimum atomic E-state index is -1.06. The van der Waals surface area contributed by atoms with Gasteiger partial charge in [0.1, 0.15) is 0 Å². The Bertz CT molecular complexity index is 812. The number of rotatable bonds is 11. The van der Waals surface area contributed by atoms with E-state index in [9.17, 15) is 24.3 Å². The van der Waals surface area contributed by atoms with Crippen molar-refractivity contribution < 1.29 is 24.3 Å². The third kappa shape index (κ3) is 12.8. The Kier molecular flexibility index (Phi) is 13.5. The van der Waals surface area contributed by atoms with Crippen LogP contribution in [0.25, 0.3) is 0 Å². The van der Waals surface area contributed by atoms with E-state index in [4.69, 9.17) is 5.73 Å². The number of amides is 4. The fourth-order valence-electron chi connectivity index (χ4n) is 4.08. The van der Waals surface area contributed by atoms with Gasteiger partial charge in [-0.3, -0.25) is 14.4 Å². The normalized spacial score (nSPS) is 17.8. The number of primary amides is 1. The fraction of sp³-hybridized carbons (Fsp3) is 0.778. The van der Waals surface area contributed by atoms with Crippen molar-refractivity contribution in [2.45, 2.75) is 111 Å². The summed E-state index contributed by atoms with van der Waals surface area (Å²) in [7, 11) is 0. The number of aliphatic hydroxyl groups excluding tert-OH is 1. The molecule has 1 heterocycles. The summed E-state index contributed by atoms with van der Waals surface area (Å²) < 4.78 is 0. The molecule has 1 saturated carbocycles. The van der Waals surface area contributed by atoms with Crippen LogP contribution in [-0.2, 0) is 14.4 Å². The monoisotopic (exact) mass is 523 g/mol. The van der Waals surface area contributed by atoms with Crippen molar-refractivity contribution in [2.24, 2.45) is 17.6 Å². The number of unbranched alkanes of at least 4 members (excludes halogenated alkanes) is 1. The Hall–Kier alpha value is -2.78. The first-order valence-corrected chi connectivity index (χ1v) is 13.6. The molecule has 2 fully saturated rings. The molecule has 1 aliphatic carbocycles. The predicted molar refractivity (Wildman–Crippen MR) is 144 cm³/mol. The highest BCUT2D eigenvalue weighted by atomic mass is 16.3. The van der Waals surface area contributed by atoms with Crippen molar-refractivity contribution >= 4 is 23.6 Å². The highest BCUT2D eigenvalue weighted by molar-refractivity contribution is 6.37. The summed E-state index contributed by atoms with van der Waals surface area (Å²) in [5, 5.41) is 18.6. The van der Waals surface area contributed by atoms with E-state index in [1.54, 1.807) is 0 Å². The van der Waals surface area contributed by atoms with E-state index >= 15 is 0 Å². The van der Waals surface area contributed by atoms with Gasteiger partial charge >= 0.3 is 6.03 Å². The van der Waals surface area contributed by atoms with Crippen LogP contribution in [0.1, 0.15) is 99.3 Å². The number of nitrogens with one attached hydrogen (secondary N) is 3. The van der Waals surface area contributed by atoms with Crippen LogP contribution in [-0.4, -0.2) is 58.3 Å². The molecular formula is C27H49N5O5. The Labute approximate surface area is 222 Å². The van der Waals surface area contributed by atoms with Crippen molar-refractivity contribution in [1.29, 1.82) is 0 Å². The van der Waals surface area contributed by atoms with E-state index in [2.05, 4.69) is 36.7 Å². The molecule has 1 atom stereocenters. The van der Waals surface area contributed by atoms with Crippen LogP contribution in [0.4, 0.5) is 4.79 Å². The highest BCUT2D eigenvalue weighted by Crippen LogP contribution is 2.31. The van der Waals surface area contributed by atoms with Gasteiger partial charge in [0.15, 0.2) is 0 Å². The topological polar surface area (TPSA) is 154 Å². The van der Waals surface area contributed by atoms with Crippen LogP contribution in [0.5, 0.6) is 0 Å². The second kappa shape index (κ2) is 15.5. The Morgan fingerprint density at radius 1 is 1.08 bits per heavy atom. The molecule has 0 aromatic rings. The van der Waals surface area contributed by atoms with Crippen LogP contribution in [0.3, 0.4) is 0 Å². The average Bonchev–Trinajstić information content (AvgIpc) is 3.23. The molecule has 37 heavy (non-hydrogen) atoms. The lowest BCUT2D eigenvalue weighted by Gasteiger charge is -2.25. The summed E-state index contributed by atoms with van der Waals surface area (Å²) in [5.41, 5.74) is 5.11. The van der Waals surface area contributed by atoms with E-state index in [1.165, 1.54) is 24.2 Å². The zero-order valence-electron chi connectivity index (χ0n) is 23.6. The summed E-state index contributed by atoms with van der Waals surface area (Å²) in [6, 6.07) is -1.40. The van der Waals surface area contributed by atoms with Crippen LogP contribution >= 0.6 is 0 Å². The zero-order valence-corrected chi connectivity index (χ0v) is 23.6. The van der Waals surface area contributed by atoms with Gasteiger partial charge in [-0.1, -0.05) is 59.3 Å². The minimum Gasteiger partial charge on any atom is -0.494 e. The number of Topliss-reactive ketones (excluding diaryl/α,β-unsaturated/α-hetero) is 1. The number of likely N-dealkylation sites (tertiary alicyclic amines) is 1. The third-order valence-electron chi connectivity index (χ3n) is 6.03.